The van der Waals surface area contributed by atoms with Gasteiger partial charge >= 0.3 is 5.97 Å². The molecule has 3 nitrogen and oxygen atoms in total. The summed E-state index contributed by atoms with van der Waals surface area (Å²) in [6.07, 6.45) is 1.88. The van der Waals surface area contributed by atoms with Gasteiger partial charge in [-0.25, -0.2) is 0 Å². The van der Waals surface area contributed by atoms with Gasteiger partial charge in [0.2, 0.25) is 0 Å². The summed E-state index contributed by atoms with van der Waals surface area (Å²) in [5, 5.41) is 2.58. The lowest BCUT2D eigenvalue weighted by molar-refractivity contribution is -0.153. The molecule has 2 heterocycles. The number of rotatable bonds is 2. The van der Waals surface area contributed by atoms with Gasteiger partial charge in [-0.3, -0.25) is 9.78 Å². The van der Waals surface area contributed by atoms with Crippen LogP contribution in [0.25, 0.3) is 10.2 Å². The van der Waals surface area contributed by atoms with Crippen LogP contribution in [-0.2, 0) is 16.0 Å². The minimum absolute atomic E-state index is 0.227. The van der Waals surface area contributed by atoms with Crippen molar-refractivity contribution in [1.29, 1.82) is 0 Å². The number of pyridine rings is 1. The first kappa shape index (κ1) is 13.3. The fraction of sp³-hybridized carbons (Fsp3) is 0.385. The third kappa shape index (κ3) is 3.00. The Morgan fingerprint density at radius 1 is 1.50 bits per heavy atom. The second-order valence-corrected chi connectivity index (χ2v) is 6.28. The number of nitrogens with zero attached hydrogens (tertiary/aromatic N) is 1. The second kappa shape index (κ2) is 4.86. The van der Waals surface area contributed by atoms with E-state index in [0.29, 0.717) is 5.02 Å². The van der Waals surface area contributed by atoms with E-state index in [0.717, 1.165) is 15.8 Å². The molecule has 0 saturated heterocycles. The molecule has 0 aliphatic heterocycles. The van der Waals surface area contributed by atoms with E-state index in [4.69, 9.17) is 16.3 Å². The molecule has 18 heavy (non-hydrogen) atoms. The van der Waals surface area contributed by atoms with Gasteiger partial charge < -0.3 is 4.74 Å². The molecule has 0 aromatic carbocycles. The van der Waals surface area contributed by atoms with Crippen LogP contribution >= 0.6 is 22.9 Å². The second-order valence-electron chi connectivity index (χ2n) is 4.99. The number of fused-ring (bicyclic) bond motifs is 1. The van der Waals surface area contributed by atoms with Crippen LogP contribution in [0, 0.1) is 0 Å². The van der Waals surface area contributed by atoms with Gasteiger partial charge in [-0.15, -0.1) is 11.3 Å². The van der Waals surface area contributed by atoms with Crippen LogP contribution in [0.2, 0.25) is 5.02 Å². The van der Waals surface area contributed by atoms with Crippen molar-refractivity contribution in [1.82, 2.24) is 4.98 Å². The standard InChI is InChI=1S/C13H14ClNO2S/c1-13(2,3)17-10(16)6-8-7-18-12-9(14)4-5-15-11(8)12/h4-5,7H,6H2,1-3H3. The maximum atomic E-state index is 11.8. The van der Waals surface area contributed by atoms with Crippen molar-refractivity contribution in [3.63, 3.8) is 0 Å². The monoisotopic (exact) mass is 283 g/mol. The van der Waals surface area contributed by atoms with Crippen LogP contribution in [0.4, 0.5) is 0 Å². The zero-order valence-electron chi connectivity index (χ0n) is 10.5. The average Bonchev–Trinajstić information content (AvgIpc) is 2.60. The van der Waals surface area contributed by atoms with Crippen LogP contribution in [-0.4, -0.2) is 16.6 Å². The maximum absolute atomic E-state index is 11.8. The molecule has 0 saturated carbocycles. The van der Waals surface area contributed by atoms with E-state index >= 15 is 0 Å². The largest absolute Gasteiger partial charge is 0.460 e. The number of esters is 1. The van der Waals surface area contributed by atoms with Gasteiger partial charge in [-0.2, -0.15) is 0 Å². The Bertz CT molecular complexity index is 586. The molecule has 0 bridgehead atoms. The topological polar surface area (TPSA) is 39.2 Å². The molecule has 0 radical (unpaired) electrons. The van der Waals surface area contributed by atoms with Crippen molar-refractivity contribution in [2.75, 3.05) is 0 Å². The number of halogens is 1. The summed E-state index contributed by atoms with van der Waals surface area (Å²) >= 11 is 7.57. The molecule has 96 valence electrons. The maximum Gasteiger partial charge on any atom is 0.310 e. The molecule has 5 heteroatoms. The Hall–Kier alpha value is -1.13. The Balaban J connectivity index is 2.23. The summed E-state index contributed by atoms with van der Waals surface area (Å²) in [6, 6.07) is 1.75. The predicted octanol–water partition coefficient (Wildman–Crippen LogP) is 3.83. The smallest absolute Gasteiger partial charge is 0.310 e. The highest BCUT2D eigenvalue weighted by Crippen LogP contribution is 2.30. The van der Waals surface area contributed by atoms with Crippen LogP contribution in [0.5, 0.6) is 0 Å². The Morgan fingerprint density at radius 2 is 2.22 bits per heavy atom. The Morgan fingerprint density at radius 3 is 2.89 bits per heavy atom. The van der Waals surface area contributed by atoms with Crippen LogP contribution in [0.1, 0.15) is 26.3 Å². The first-order valence-electron chi connectivity index (χ1n) is 5.59. The first-order chi connectivity index (χ1) is 8.37. The Kier molecular flexibility index (Phi) is 3.59. The van der Waals surface area contributed by atoms with Gasteiger partial charge in [0, 0.05) is 11.8 Å². The molecular formula is C13H14ClNO2S. The molecule has 0 atom stereocenters. The van der Waals surface area contributed by atoms with E-state index in [1.165, 1.54) is 11.3 Å². The van der Waals surface area contributed by atoms with E-state index in [1.807, 2.05) is 26.2 Å². The third-order valence-corrected chi connectivity index (χ3v) is 3.71. The normalized spacial score (nSPS) is 11.8. The van der Waals surface area contributed by atoms with Crippen LogP contribution < -0.4 is 0 Å². The molecule has 0 spiro atoms. The summed E-state index contributed by atoms with van der Waals surface area (Å²) in [5.74, 6) is -0.246. The minimum atomic E-state index is -0.464. The van der Waals surface area contributed by atoms with Crippen LogP contribution in [0.15, 0.2) is 17.6 Å². The van der Waals surface area contributed by atoms with E-state index in [1.54, 1.807) is 12.3 Å². The number of thiophene rings is 1. The van der Waals surface area contributed by atoms with Crippen molar-refractivity contribution in [3.05, 3.63) is 28.2 Å². The quantitative estimate of drug-likeness (QED) is 0.786. The molecule has 0 N–H and O–H groups in total. The van der Waals surface area contributed by atoms with Crippen molar-refractivity contribution in [3.8, 4) is 0 Å². The molecule has 0 amide bonds. The SMILES string of the molecule is CC(C)(C)OC(=O)Cc1csc2c(Cl)ccnc12. The van der Waals surface area contributed by atoms with Gasteiger partial charge in [-0.1, -0.05) is 11.6 Å². The summed E-state index contributed by atoms with van der Waals surface area (Å²) in [7, 11) is 0. The predicted molar refractivity (Wildman–Crippen MR) is 74.2 cm³/mol. The van der Waals surface area contributed by atoms with Gasteiger partial charge in [0.15, 0.2) is 0 Å². The summed E-state index contributed by atoms with van der Waals surface area (Å²) in [6.45, 7) is 5.56. The molecule has 0 aliphatic rings. The van der Waals surface area contributed by atoms with E-state index in [2.05, 4.69) is 4.98 Å². The zero-order valence-corrected chi connectivity index (χ0v) is 12.1. The van der Waals surface area contributed by atoms with Gasteiger partial charge in [-0.05, 0) is 32.2 Å². The lowest BCUT2D eigenvalue weighted by atomic mass is 10.1. The highest BCUT2D eigenvalue weighted by molar-refractivity contribution is 7.18. The van der Waals surface area contributed by atoms with E-state index in [9.17, 15) is 4.79 Å². The lowest BCUT2D eigenvalue weighted by Crippen LogP contribution is -2.24. The van der Waals surface area contributed by atoms with Crippen molar-refractivity contribution < 1.29 is 9.53 Å². The van der Waals surface area contributed by atoms with Crippen molar-refractivity contribution >= 4 is 39.1 Å². The first-order valence-corrected chi connectivity index (χ1v) is 6.85. The number of hydrogen-bond acceptors (Lipinski definition) is 4. The lowest BCUT2D eigenvalue weighted by Gasteiger charge is -2.19. The fourth-order valence-corrected chi connectivity index (χ4v) is 2.82. The van der Waals surface area contributed by atoms with Gasteiger partial charge in [0.25, 0.3) is 0 Å². The molecule has 0 fully saturated rings. The number of carbonyl (C=O) groups is 1. The number of hydrogen-bond donors (Lipinski definition) is 0. The minimum Gasteiger partial charge on any atom is -0.460 e. The van der Waals surface area contributed by atoms with Gasteiger partial charge in [0.1, 0.15) is 5.60 Å². The number of ether oxygens (including phenoxy) is 1. The molecule has 0 unspecified atom stereocenters. The summed E-state index contributed by atoms with van der Waals surface area (Å²) in [5.41, 5.74) is 1.19. The molecule has 2 aromatic rings. The third-order valence-electron chi connectivity index (χ3n) is 2.23. The van der Waals surface area contributed by atoms with Crippen LogP contribution in [0.3, 0.4) is 0 Å². The molecular weight excluding hydrogens is 270 g/mol. The molecule has 2 aromatic heterocycles. The highest BCUT2D eigenvalue weighted by Gasteiger charge is 2.18. The van der Waals surface area contributed by atoms with Gasteiger partial charge in [0.05, 0.1) is 21.7 Å². The van der Waals surface area contributed by atoms with E-state index < -0.39 is 5.60 Å². The fourth-order valence-electron chi connectivity index (χ4n) is 1.61. The highest BCUT2D eigenvalue weighted by atomic mass is 35.5. The van der Waals surface area contributed by atoms with E-state index in [-0.39, 0.29) is 12.4 Å². The average molecular weight is 284 g/mol. The summed E-state index contributed by atoms with van der Waals surface area (Å²) < 4.78 is 6.21. The summed E-state index contributed by atoms with van der Waals surface area (Å²) in [4.78, 5) is 16.0. The number of aromatic nitrogens is 1. The Labute approximate surface area is 115 Å². The zero-order chi connectivity index (χ0) is 13.3. The number of carbonyl (C=O) groups excluding carboxylic acids is 1. The molecule has 2 rings (SSSR count). The molecule has 0 aliphatic carbocycles. The van der Waals surface area contributed by atoms with Crippen molar-refractivity contribution in [2.24, 2.45) is 0 Å². The van der Waals surface area contributed by atoms with Crippen molar-refractivity contribution in [2.45, 2.75) is 32.8 Å².